The van der Waals surface area contributed by atoms with Crippen LogP contribution >= 0.6 is 0 Å². The minimum atomic E-state index is -0.887. The van der Waals surface area contributed by atoms with Gasteiger partial charge in [-0.1, -0.05) is 13.0 Å². The zero-order valence-electron chi connectivity index (χ0n) is 10.9. The minimum Gasteiger partial charge on any atom is -0.354 e. The molecule has 0 atom stereocenters. The van der Waals surface area contributed by atoms with E-state index < -0.39 is 11.6 Å². The molecule has 0 amide bonds. The Morgan fingerprint density at radius 1 is 1.21 bits per heavy atom. The van der Waals surface area contributed by atoms with Crippen LogP contribution in [0.2, 0.25) is 0 Å². The summed E-state index contributed by atoms with van der Waals surface area (Å²) in [6.45, 7) is 4.55. The lowest BCUT2D eigenvalue weighted by Gasteiger charge is -2.08. The molecule has 1 heterocycles. The van der Waals surface area contributed by atoms with E-state index in [1.165, 1.54) is 12.1 Å². The molecule has 1 aromatic carbocycles. The maximum atomic E-state index is 13.7. The van der Waals surface area contributed by atoms with Gasteiger partial charge in [0.15, 0.2) is 11.6 Å². The van der Waals surface area contributed by atoms with Crippen LogP contribution in [0.25, 0.3) is 11.3 Å². The van der Waals surface area contributed by atoms with E-state index in [0.717, 1.165) is 19.0 Å². The highest BCUT2D eigenvalue weighted by molar-refractivity contribution is 5.61. The predicted molar refractivity (Wildman–Crippen MR) is 70.9 cm³/mol. The second kappa shape index (κ2) is 5.73. The molecule has 0 fully saturated rings. The van der Waals surface area contributed by atoms with Crippen molar-refractivity contribution in [3.05, 3.63) is 41.6 Å². The molecule has 0 saturated heterocycles. The number of anilines is 1. The van der Waals surface area contributed by atoms with Crippen LogP contribution in [0.5, 0.6) is 0 Å². The Hall–Kier alpha value is -2.04. The second-order valence-electron chi connectivity index (χ2n) is 4.25. The summed E-state index contributed by atoms with van der Waals surface area (Å²) in [5, 5.41) is 3.04. The molecule has 0 aliphatic rings. The number of hydrogen-bond donors (Lipinski definition) is 1. The van der Waals surface area contributed by atoms with Gasteiger partial charge in [-0.05, 0) is 31.5 Å². The summed E-state index contributed by atoms with van der Waals surface area (Å²) in [4.78, 5) is 8.42. The quantitative estimate of drug-likeness (QED) is 0.916. The van der Waals surface area contributed by atoms with Crippen LogP contribution in [0.4, 0.5) is 14.7 Å². The van der Waals surface area contributed by atoms with E-state index in [2.05, 4.69) is 15.3 Å². The molecule has 2 aromatic rings. The van der Waals surface area contributed by atoms with Gasteiger partial charge in [-0.25, -0.2) is 18.7 Å². The summed E-state index contributed by atoms with van der Waals surface area (Å²) in [6, 6.07) is 5.69. The van der Waals surface area contributed by atoms with Crippen molar-refractivity contribution in [2.75, 3.05) is 11.9 Å². The van der Waals surface area contributed by atoms with Crippen LogP contribution in [0.15, 0.2) is 24.3 Å². The van der Waals surface area contributed by atoms with Crippen LogP contribution in [0, 0.1) is 18.6 Å². The highest BCUT2D eigenvalue weighted by atomic mass is 19.2. The van der Waals surface area contributed by atoms with E-state index in [4.69, 9.17) is 0 Å². The molecule has 100 valence electrons. The molecule has 0 unspecified atom stereocenters. The fourth-order valence-corrected chi connectivity index (χ4v) is 1.72. The van der Waals surface area contributed by atoms with Crippen molar-refractivity contribution < 1.29 is 8.78 Å². The van der Waals surface area contributed by atoms with E-state index >= 15 is 0 Å². The van der Waals surface area contributed by atoms with Crippen molar-refractivity contribution in [2.24, 2.45) is 0 Å². The number of halogens is 2. The number of rotatable bonds is 4. The first-order valence-electron chi connectivity index (χ1n) is 6.15. The van der Waals surface area contributed by atoms with E-state index in [1.807, 2.05) is 6.92 Å². The Labute approximate surface area is 110 Å². The van der Waals surface area contributed by atoms with Crippen molar-refractivity contribution in [1.82, 2.24) is 9.97 Å². The lowest BCUT2D eigenvalue weighted by atomic mass is 10.1. The lowest BCUT2D eigenvalue weighted by molar-refractivity contribution is 0.511. The van der Waals surface area contributed by atoms with Crippen LogP contribution in [-0.2, 0) is 0 Å². The van der Waals surface area contributed by atoms with Crippen LogP contribution in [-0.4, -0.2) is 16.5 Å². The Morgan fingerprint density at radius 3 is 2.74 bits per heavy atom. The number of aryl methyl sites for hydroxylation is 1. The van der Waals surface area contributed by atoms with Crippen LogP contribution < -0.4 is 5.32 Å². The maximum Gasteiger partial charge on any atom is 0.223 e. The molecule has 1 aromatic heterocycles. The normalized spacial score (nSPS) is 10.5. The SMILES string of the molecule is CCCNc1nc(C)cc(-c2cccc(F)c2F)n1. The lowest BCUT2D eigenvalue weighted by Crippen LogP contribution is -2.06. The first-order valence-corrected chi connectivity index (χ1v) is 6.15. The van der Waals surface area contributed by atoms with Gasteiger partial charge in [-0.2, -0.15) is 0 Å². The van der Waals surface area contributed by atoms with Gasteiger partial charge in [0, 0.05) is 17.8 Å². The molecule has 0 bridgehead atoms. The number of benzene rings is 1. The van der Waals surface area contributed by atoms with E-state index in [1.54, 1.807) is 13.0 Å². The Bertz CT molecular complexity index is 585. The van der Waals surface area contributed by atoms with Crippen molar-refractivity contribution >= 4 is 5.95 Å². The number of hydrogen-bond acceptors (Lipinski definition) is 3. The van der Waals surface area contributed by atoms with Gasteiger partial charge in [0.05, 0.1) is 5.69 Å². The predicted octanol–water partition coefficient (Wildman–Crippen LogP) is 3.55. The zero-order chi connectivity index (χ0) is 13.8. The van der Waals surface area contributed by atoms with Crippen LogP contribution in [0.3, 0.4) is 0 Å². The molecule has 0 spiro atoms. The molecule has 0 radical (unpaired) electrons. The summed E-state index contributed by atoms with van der Waals surface area (Å²) in [7, 11) is 0. The molecule has 5 heteroatoms. The Balaban J connectivity index is 2.44. The van der Waals surface area contributed by atoms with Gasteiger partial charge in [0.2, 0.25) is 5.95 Å². The first-order chi connectivity index (χ1) is 9.11. The summed E-state index contributed by atoms with van der Waals surface area (Å²) in [5.74, 6) is -1.33. The summed E-state index contributed by atoms with van der Waals surface area (Å²) in [5.41, 5.74) is 1.22. The van der Waals surface area contributed by atoms with Gasteiger partial charge >= 0.3 is 0 Å². The summed E-state index contributed by atoms with van der Waals surface area (Å²) in [6.07, 6.45) is 0.932. The maximum absolute atomic E-state index is 13.7. The molecule has 2 rings (SSSR count). The van der Waals surface area contributed by atoms with E-state index in [9.17, 15) is 8.78 Å². The first kappa shape index (κ1) is 13.4. The summed E-state index contributed by atoms with van der Waals surface area (Å²) >= 11 is 0. The molecular formula is C14H15F2N3. The smallest absolute Gasteiger partial charge is 0.223 e. The van der Waals surface area contributed by atoms with Crippen molar-refractivity contribution in [2.45, 2.75) is 20.3 Å². The third-order valence-corrected chi connectivity index (χ3v) is 2.61. The average Bonchev–Trinajstić information content (AvgIpc) is 2.39. The fourth-order valence-electron chi connectivity index (χ4n) is 1.72. The number of nitrogens with one attached hydrogen (secondary N) is 1. The van der Waals surface area contributed by atoms with E-state index in [-0.39, 0.29) is 5.56 Å². The minimum absolute atomic E-state index is 0.144. The molecule has 19 heavy (non-hydrogen) atoms. The second-order valence-corrected chi connectivity index (χ2v) is 4.25. The fraction of sp³-hybridized carbons (Fsp3) is 0.286. The molecule has 3 nitrogen and oxygen atoms in total. The monoisotopic (exact) mass is 263 g/mol. The van der Waals surface area contributed by atoms with Crippen molar-refractivity contribution in [1.29, 1.82) is 0 Å². The third-order valence-electron chi connectivity index (χ3n) is 2.61. The molecule has 1 N–H and O–H groups in total. The Morgan fingerprint density at radius 2 is 2.00 bits per heavy atom. The van der Waals surface area contributed by atoms with Gasteiger partial charge in [0.25, 0.3) is 0 Å². The van der Waals surface area contributed by atoms with Gasteiger partial charge < -0.3 is 5.32 Å². The average molecular weight is 263 g/mol. The van der Waals surface area contributed by atoms with Crippen molar-refractivity contribution in [3.8, 4) is 11.3 Å². The standard InChI is InChI=1S/C14H15F2N3/c1-3-7-17-14-18-9(2)8-12(19-14)10-5-4-6-11(15)13(10)16/h4-6,8H,3,7H2,1-2H3,(H,17,18,19). The summed E-state index contributed by atoms with van der Waals surface area (Å²) < 4.78 is 27.0. The number of nitrogens with zero attached hydrogens (tertiary/aromatic N) is 2. The van der Waals surface area contributed by atoms with Gasteiger partial charge in [-0.15, -0.1) is 0 Å². The van der Waals surface area contributed by atoms with Gasteiger partial charge in [0.1, 0.15) is 0 Å². The highest BCUT2D eigenvalue weighted by Gasteiger charge is 2.12. The van der Waals surface area contributed by atoms with Crippen molar-refractivity contribution in [3.63, 3.8) is 0 Å². The number of aromatic nitrogens is 2. The largest absolute Gasteiger partial charge is 0.354 e. The molecular weight excluding hydrogens is 248 g/mol. The van der Waals surface area contributed by atoms with Gasteiger partial charge in [-0.3, -0.25) is 0 Å². The molecule has 0 saturated carbocycles. The van der Waals surface area contributed by atoms with Crippen LogP contribution in [0.1, 0.15) is 19.0 Å². The molecule has 0 aliphatic carbocycles. The third kappa shape index (κ3) is 3.05. The highest BCUT2D eigenvalue weighted by Crippen LogP contribution is 2.24. The topological polar surface area (TPSA) is 37.8 Å². The Kier molecular flexibility index (Phi) is 4.04. The zero-order valence-corrected chi connectivity index (χ0v) is 10.9. The molecule has 0 aliphatic heterocycles. The van der Waals surface area contributed by atoms with E-state index in [0.29, 0.717) is 17.3 Å².